The van der Waals surface area contributed by atoms with E-state index in [0.717, 1.165) is 37.0 Å². The maximum atomic E-state index is 13.5. The monoisotopic (exact) mass is 398 g/mol. The van der Waals surface area contributed by atoms with Crippen molar-refractivity contribution in [1.29, 1.82) is 0 Å². The highest BCUT2D eigenvalue weighted by molar-refractivity contribution is 5.91. The zero-order valence-electron chi connectivity index (χ0n) is 17.1. The Bertz CT molecular complexity index is 793. The lowest BCUT2D eigenvalue weighted by atomic mass is 9.49. The van der Waals surface area contributed by atoms with Gasteiger partial charge in [-0.05, 0) is 74.5 Å². The number of nitrogens with zero attached hydrogens (tertiary/aromatic N) is 2. The van der Waals surface area contributed by atoms with Gasteiger partial charge in [0.2, 0.25) is 5.91 Å². The van der Waals surface area contributed by atoms with E-state index in [2.05, 4.69) is 9.80 Å². The summed E-state index contributed by atoms with van der Waals surface area (Å²) in [5, 5.41) is 10.3. The Morgan fingerprint density at radius 3 is 2.14 bits per heavy atom. The smallest absolute Gasteiger partial charge is 0.337 e. The van der Waals surface area contributed by atoms with E-state index in [1.807, 2.05) is 0 Å². The molecular formula is C23H30N2O4. The van der Waals surface area contributed by atoms with Crippen LogP contribution in [0.15, 0.2) is 18.2 Å². The standard InChI is InChI=1S/C23H30N2O4/c1-29-21(27)18-2-3-20(26)19(11-18)24-4-6-25(7-5-24)22(28)23-12-15-8-16(13-23)10-17(9-15)14-23/h2-3,11,15-17,26H,4-10,12-14H2,1H3. The van der Waals surface area contributed by atoms with E-state index < -0.39 is 5.97 Å². The van der Waals surface area contributed by atoms with Crippen molar-refractivity contribution in [2.24, 2.45) is 23.2 Å². The predicted molar refractivity (Wildman–Crippen MR) is 109 cm³/mol. The molecule has 6 nitrogen and oxygen atoms in total. The second-order valence-electron chi connectivity index (χ2n) is 9.67. The molecule has 6 heteroatoms. The van der Waals surface area contributed by atoms with Gasteiger partial charge in [0.15, 0.2) is 0 Å². The van der Waals surface area contributed by atoms with Gasteiger partial charge in [0.05, 0.1) is 23.8 Å². The third-order valence-corrected chi connectivity index (χ3v) is 7.80. The Kier molecular flexibility index (Phi) is 4.48. The maximum Gasteiger partial charge on any atom is 0.337 e. The van der Waals surface area contributed by atoms with E-state index in [1.54, 1.807) is 12.1 Å². The van der Waals surface area contributed by atoms with Crippen molar-refractivity contribution in [3.63, 3.8) is 0 Å². The zero-order valence-corrected chi connectivity index (χ0v) is 17.1. The summed E-state index contributed by atoms with van der Waals surface area (Å²) < 4.78 is 4.79. The van der Waals surface area contributed by atoms with Crippen LogP contribution in [-0.4, -0.2) is 55.2 Å². The van der Waals surface area contributed by atoms with Gasteiger partial charge >= 0.3 is 5.97 Å². The van der Waals surface area contributed by atoms with Crippen molar-refractivity contribution >= 4 is 17.6 Å². The Labute approximate surface area is 171 Å². The van der Waals surface area contributed by atoms with E-state index in [-0.39, 0.29) is 11.2 Å². The van der Waals surface area contributed by atoms with Crippen LogP contribution in [0.25, 0.3) is 0 Å². The number of benzene rings is 1. The van der Waals surface area contributed by atoms with Gasteiger partial charge in [0, 0.05) is 26.2 Å². The molecule has 1 N–H and O–H groups in total. The van der Waals surface area contributed by atoms with Gasteiger partial charge in [-0.1, -0.05) is 0 Å². The van der Waals surface area contributed by atoms with Crippen LogP contribution < -0.4 is 4.90 Å². The van der Waals surface area contributed by atoms with Gasteiger partial charge < -0.3 is 19.6 Å². The molecule has 1 saturated heterocycles. The Hall–Kier alpha value is -2.24. The average Bonchev–Trinajstić information content (AvgIpc) is 2.72. The van der Waals surface area contributed by atoms with Crippen LogP contribution in [-0.2, 0) is 9.53 Å². The van der Waals surface area contributed by atoms with E-state index in [4.69, 9.17) is 4.74 Å². The van der Waals surface area contributed by atoms with E-state index >= 15 is 0 Å². The number of esters is 1. The van der Waals surface area contributed by atoms with Crippen LogP contribution >= 0.6 is 0 Å². The van der Waals surface area contributed by atoms with E-state index in [1.165, 1.54) is 32.4 Å². The number of aromatic hydroxyl groups is 1. The van der Waals surface area contributed by atoms with E-state index in [0.29, 0.717) is 43.3 Å². The highest BCUT2D eigenvalue weighted by Crippen LogP contribution is 2.60. The van der Waals surface area contributed by atoms with Crippen LogP contribution in [0.4, 0.5) is 5.69 Å². The molecule has 156 valence electrons. The number of piperazine rings is 1. The highest BCUT2D eigenvalue weighted by atomic mass is 16.5. The zero-order chi connectivity index (χ0) is 20.2. The van der Waals surface area contributed by atoms with Gasteiger partial charge in [-0.15, -0.1) is 0 Å². The van der Waals surface area contributed by atoms with Crippen molar-refractivity contribution in [2.45, 2.75) is 38.5 Å². The third kappa shape index (κ3) is 3.17. The molecule has 1 heterocycles. The van der Waals surface area contributed by atoms with Crippen molar-refractivity contribution in [1.82, 2.24) is 4.90 Å². The molecule has 4 bridgehead atoms. The number of rotatable bonds is 3. The largest absolute Gasteiger partial charge is 0.506 e. The fourth-order valence-electron chi connectivity index (χ4n) is 6.88. The molecule has 5 fully saturated rings. The third-order valence-electron chi connectivity index (χ3n) is 7.80. The first-order chi connectivity index (χ1) is 14.0. The summed E-state index contributed by atoms with van der Waals surface area (Å²) in [6.45, 7) is 2.66. The number of methoxy groups -OCH3 is 1. The maximum absolute atomic E-state index is 13.5. The van der Waals surface area contributed by atoms with Crippen molar-refractivity contribution < 1.29 is 19.4 Å². The fourth-order valence-corrected chi connectivity index (χ4v) is 6.88. The Morgan fingerprint density at radius 1 is 1.00 bits per heavy atom. The summed E-state index contributed by atoms with van der Waals surface area (Å²) in [6, 6.07) is 4.78. The molecule has 0 aromatic heterocycles. The minimum atomic E-state index is -0.415. The quantitative estimate of drug-likeness (QED) is 0.793. The second-order valence-corrected chi connectivity index (χ2v) is 9.67. The van der Waals surface area contributed by atoms with Gasteiger partial charge in [0.1, 0.15) is 5.75 Å². The molecule has 1 aliphatic heterocycles. The fraction of sp³-hybridized carbons (Fsp3) is 0.652. The Morgan fingerprint density at radius 2 is 1.59 bits per heavy atom. The summed E-state index contributed by atoms with van der Waals surface area (Å²) in [5.41, 5.74) is 0.964. The molecule has 0 spiro atoms. The molecule has 4 aliphatic carbocycles. The number of anilines is 1. The average molecular weight is 399 g/mol. The molecule has 29 heavy (non-hydrogen) atoms. The van der Waals surface area contributed by atoms with Crippen LogP contribution in [0.1, 0.15) is 48.9 Å². The minimum Gasteiger partial charge on any atom is -0.506 e. The number of hydrogen-bond acceptors (Lipinski definition) is 5. The second kappa shape index (κ2) is 6.92. The van der Waals surface area contributed by atoms with Gasteiger partial charge in [-0.25, -0.2) is 4.79 Å². The van der Waals surface area contributed by atoms with Crippen LogP contribution in [0, 0.1) is 23.2 Å². The van der Waals surface area contributed by atoms with Crippen LogP contribution in [0.2, 0.25) is 0 Å². The topological polar surface area (TPSA) is 70.1 Å². The number of ether oxygens (including phenoxy) is 1. The minimum absolute atomic E-state index is 0.0934. The summed E-state index contributed by atoms with van der Waals surface area (Å²) in [4.78, 5) is 29.5. The molecule has 1 aromatic rings. The highest BCUT2D eigenvalue weighted by Gasteiger charge is 2.55. The SMILES string of the molecule is COC(=O)c1ccc(O)c(N2CCN(C(=O)C34CC5CC(CC(C5)C3)C4)CC2)c1. The lowest BCUT2D eigenvalue weighted by Gasteiger charge is -2.57. The van der Waals surface area contributed by atoms with E-state index in [9.17, 15) is 14.7 Å². The number of carbonyl (C=O) groups is 2. The van der Waals surface area contributed by atoms with Gasteiger partial charge in [-0.3, -0.25) is 4.79 Å². The van der Waals surface area contributed by atoms with Gasteiger partial charge in [0.25, 0.3) is 0 Å². The number of phenols is 1. The summed E-state index contributed by atoms with van der Waals surface area (Å²) in [5.74, 6) is 2.42. The molecule has 1 aromatic carbocycles. The molecule has 1 amide bonds. The lowest BCUT2D eigenvalue weighted by Crippen LogP contribution is -2.58. The summed E-state index contributed by atoms with van der Waals surface area (Å²) in [7, 11) is 1.35. The van der Waals surface area contributed by atoms with Crippen molar-refractivity contribution in [3.05, 3.63) is 23.8 Å². The number of amides is 1. The van der Waals surface area contributed by atoms with Crippen molar-refractivity contribution in [2.75, 3.05) is 38.2 Å². The first kappa shape index (κ1) is 18.8. The molecule has 5 aliphatic rings. The molecule has 4 saturated carbocycles. The number of phenolic OH excluding ortho intramolecular Hbond substituents is 1. The first-order valence-electron chi connectivity index (χ1n) is 10.9. The molecule has 0 radical (unpaired) electrons. The predicted octanol–water partition coefficient (Wildman–Crippen LogP) is 3.04. The summed E-state index contributed by atoms with van der Waals surface area (Å²) in [6.07, 6.45) is 7.32. The van der Waals surface area contributed by atoms with Gasteiger partial charge in [-0.2, -0.15) is 0 Å². The molecule has 0 unspecified atom stereocenters. The van der Waals surface area contributed by atoms with Crippen LogP contribution in [0.3, 0.4) is 0 Å². The molecular weight excluding hydrogens is 368 g/mol. The lowest BCUT2D eigenvalue weighted by molar-refractivity contribution is -0.158. The Balaban J connectivity index is 1.28. The summed E-state index contributed by atoms with van der Waals surface area (Å²) >= 11 is 0. The number of hydrogen-bond donors (Lipinski definition) is 1. The van der Waals surface area contributed by atoms with Crippen LogP contribution in [0.5, 0.6) is 5.75 Å². The number of carbonyl (C=O) groups excluding carboxylic acids is 2. The van der Waals surface area contributed by atoms with Crippen molar-refractivity contribution in [3.8, 4) is 5.75 Å². The normalized spacial score (nSPS) is 33.1. The first-order valence-corrected chi connectivity index (χ1v) is 10.9. The molecule has 0 atom stereocenters. The molecule has 6 rings (SSSR count).